The predicted octanol–water partition coefficient (Wildman–Crippen LogP) is 4.96. The molecule has 0 unspecified atom stereocenters. The highest BCUT2D eigenvalue weighted by Crippen LogP contribution is 2.30. The third kappa shape index (κ3) is 4.24. The minimum absolute atomic E-state index is 0.195. The summed E-state index contributed by atoms with van der Waals surface area (Å²) in [5, 5.41) is 9.77. The zero-order valence-corrected chi connectivity index (χ0v) is 19.9. The van der Waals surface area contributed by atoms with Gasteiger partial charge in [-0.25, -0.2) is 4.98 Å². The first-order valence-electron chi connectivity index (χ1n) is 11.2. The lowest BCUT2D eigenvalue weighted by Crippen LogP contribution is -2.46. The molecule has 0 aliphatic carbocycles. The molecule has 0 radical (unpaired) electrons. The fourth-order valence-corrected chi connectivity index (χ4v) is 5.01. The first-order chi connectivity index (χ1) is 16.0. The number of hydrogen-bond acceptors (Lipinski definition) is 7. The Kier molecular flexibility index (Phi) is 5.86. The number of carbonyl (C=O) groups is 1. The number of nitrogens with zero attached hydrogens (tertiary/aromatic N) is 4. The number of rotatable bonds is 5. The van der Waals surface area contributed by atoms with Crippen molar-refractivity contribution in [2.75, 3.05) is 42.9 Å². The van der Waals surface area contributed by atoms with Crippen LogP contribution in [-0.4, -0.2) is 53.7 Å². The lowest BCUT2D eigenvalue weighted by molar-refractivity contribution is 0.102. The molecular weight excluding hydrogens is 434 g/mol. The summed E-state index contributed by atoms with van der Waals surface area (Å²) in [4.78, 5) is 23.8. The summed E-state index contributed by atoms with van der Waals surface area (Å²) in [5.74, 6) is -0.195. The van der Waals surface area contributed by atoms with Crippen LogP contribution in [0.3, 0.4) is 0 Å². The van der Waals surface area contributed by atoms with E-state index in [9.17, 15) is 4.79 Å². The van der Waals surface area contributed by atoms with E-state index in [1.165, 1.54) is 5.69 Å². The Balaban J connectivity index is 1.41. The van der Waals surface area contributed by atoms with E-state index in [4.69, 9.17) is 4.52 Å². The van der Waals surface area contributed by atoms with Crippen molar-refractivity contribution in [3.05, 3.63) is 58.6 Å². The number of nitrogens with one attached hydrogen (secondary N) is 1. The van der Waals surface area contributed by atoms with Gasteiger partial charge < -0.3 is 19.6 Å². The summed E-state index contributed by atoms with van der Waals surface area (Å²) in [6.07, 6.45) is 0. The molecule has 1 saturated heterocycles. The highest BCUT2D eigenvalue weighted by atomic mass is 32.1. The number of pyridine rings is 1. The van der Waals surface area contributed by atoms with Gasteiger partial charge in [0, 0.05) is 37.6 Å². The van der Waals surface area contributed by atoms with Gasteiger partial charge in [-0.15, -0.1) is 11.3 Å². The first-order valence-corrected chi connectivity index (χ1v) is 12.1. The maximum absolute atomic E-state index is 13.4. The van der Waals surface area contributed by atoms with E-state index in [0.29, 0.717) is 28.1 Å². The van der Waals surface area contributed by atoms with Gasteiger partial charge in [-0.3, -0.25) is 4.79 Å². The highest BCUT2D eigenvalue weighted by molar-refractivity contribution is 7.13. The molecule has 170 valence electrons. The van der Waals surface area contributed by atoms with Crippen LogP contribution in [0.15, 0.2) is 46.3 Å². The number of hydrogen-bond donors (Lipinski definition) is 1. The van der Waals surface area contributed by atoms with Gasteiger partial charge in [0.25, 0.3) is 11.6 Å². The van der Waals surface area contributed by atoms with Crippen molar-refractivity contribution in [2.45, 2.75) is 20.8 Å². The number of aryl methyl sites for hydroxylation is 2. The molecule has 0 bridgehead atoms. The Labute approximate surface area is 197 Å². The van der Waals surface area contributed by atoms with Crippen molar-refractivity contribution < 1.29 is 9.32 Å². The quantitative estimate of drug-likeness (QED) is 0.453. The standard InChI is InChI=1S/C25H27N5O2S/c1-4-29-9-11-30(12-10-29)18-7-8-20(16(2)14-18)26-24(31)19-15-21(22-6-5-13-33-22)27-25-23(19)17(3)28-32-25/h5-8,13-15H,4,9-12H2,1-3H3,(H,26,31). The molecule has 1 aromatic carbocycles. The van der Waals surface area contributed by atoms with Crippen LogP contribution in [0.5, 0.6) is 0 Å². The molecule has 1 aliphatic rings. The molecule has 8 heteroatoms. The Morgan fingerprint density at radius 2 is 1.97 bits per heavy atom. The molecule has 33 heavy (non-hydrogen) atoms. The Bertz CT molecular complexity index is 1290. The van der Waals surface area contributed by atoms with Gasteiger partial charge in [0.1, 0.15) is 0 Å². The Hall–Kier alpha value is -3.23. The van der Waals surface area contributed by atoms with Gasteiger partial charge >= 0.3 is 0 Å². The second-order valence-corrected chi connectivity index (χ2v) is 9.30. The number of thiophene rings is 1. The van der Waals surface area contributed by atoms with Crippen LogP contribution < -0.4 is 10.2 Å². The minimum Gasteiger partial charge on any atom is -0.369 e. The zero-order valence-electron chi connectivity index (χ0n) is 19.1. The van der Waals surface area contributed by atoms with E-state index in [2.05, 4.69) is 44.3 Å². The monoisotopic (exact) mass is 461 g/mol. The van der Waals surface area contributed by atoms with Crippen LogP contribution in [0.4, 0.5) is 11.4 Å². The zero-order chi connectivity index (χ0) is 22.9. The van der Waals surface area contributed by atoms with Crippen LogP contribution >= 0.6 is 11.3 Å². The largest absolute Gasteiger partial charge is 0.369 e. The molecule has 4 aromatic rings. The summed E-state index contributed by atoms with van der Waals surface area (Å²) in [5.41, 5.74) is 5.28. The molecule has 0 spiro atoms. The Morgan fingerprint density at radius 1 is 1.15 bits per heavy atom. The second kappa shape index (κ2) is 8.96. The first kappa shape index (κ1) is 21.6. The normalized spacial score (nSPS) is 14.7. The van der Waals surface area contributed by atoms with E-state index < -0.39 is 0 Å². The summed E-state index contributed by atoms with van der Waals surface area (Å²) < 4.78 is 5.41. The number of likely N-dealkylation sites (N-methyl/N-ethyl adjacent to an activating group) is 1. The third-order valence-electron chi connectivity index (χ3n) is 6.28. The number of benzene rings is 1. The average Bonchev–Trinajstić information content (AvgIpc) is 3.50. The van der Waals surface area contributed by atoms with E-state index in [1.807, 2.05) is 43.5 Å². The lowest BCUT2D eigenvalue weighted by Gasteiger charge is -2.35. The molecule has 7 nitrogen and oxygen atoms in total. The molecular formula is C25H27N5O2S. The van der Waals surface area contributed by atoms with Gasteiger partial charge in [-0.05, 0) is 61.7 Å². The summed E-state index contributed by atoms with van der Waals surface area (Å²) in [7, 11) is 0. The fourth-order valence-electron chi connectivity index (χ4n) is 4.32. The van der Waals surface area contributed by atoms with Crippen molar-refractivity contribution in [3.63, 3.8) is 0 Å². The molecule has 1 N–H and O–H groups in total. The molecule has 3 aromatic heterocycles. The van der Waals surface area contributed by atoms with Crippen LogP contribution in [0.25, 0.3) is 21.7 Å². The number of fused-ring (bicyclic) bond motifs is 1. The second-order valence-electron chi connectivity index (χ2n) is 8.36. The molecule has 0 atom stereocenters. The van der Waals surface area contributed by atoms with E-state index >= 15 is 0 Å². The van der Waals surface area contributed by atoms with Crippen molar-refractivity contribution in [3.8, 4) is 10.6 Å². The maximum atomic E-state index is 13.4. The number of piperazine rings is 1. The molecule has 1 aliphatic heterocycles. The number of amides is 1. The molecule has 1 amide bonds. The average molecular weight is 462 g/mol. The van der Waals surface area contributed by atoms with E-state index in [-0.39, 0.29) is 5.91 Å². The molecule has 5 rings (SSSR count). The van der Waals surface area contributed by atoms with Gasteiger partial charge in [-0.2, -0.15) is 0 Å². The maximum Gasteiger partial charge on any atom is 0.259 e. The minimum atomic E-state index is -0.195. The highest BCUT2D eigenvalue weighted by Gasteiger charge is 2.21. The van der Waals surface area contributed by atoms with E-state index in [0.717, 1.165) is 48.9 Å². The van der Waals surface area contributed by atoms with Crippen LogP contribution in [-0.2, 0) is 0 Å². The number of aromatic nitrogens is 2. The topological polar surface area (TPSA) is 74.5 Å². The SMILES string of the molecule is CCN1CCN(c2ccc(NC(=O)c3cc(-c4cccs4)nc4onc(C)c34)c(C)c2)CC1. The number of carbonyl (C=O) groups excluding carboxylic acids is 1. The van der Waals surface area contributed by atoms with Crippen LogP contribution in [0.2, 0.25) is 0 Å². The van der Waals surface area contributed by atoms with Gasteiger partial charge in [0.2, 0.25) is 0 Å². The van der Waals surface area contributed by atoms with Gasteiger partial charge in [0.05, 0.1) is 27.2 Å². The third-order valence-corrected chi connectivity index (χ3v) is 7.17. The summed E-state index contributed by atoms with van der Waals surface area (Å²) >= 11 is 1.57. The smallest absolute Gasteiger partial charge is 0.259 e. The molecule has 4 heterocycles. The van der Waals surface area contributed by atoms with Crippen molar-refractivity contribution >= 4 is 39.7 Å². The predicted molar refractivity (Wildman–Crippen MR) is 133 cm³/mol. The lowest BCUT2D eigenvalue weighted by atomic mass is 10.1. The molecule has 1 fully saturated rings. The van der Waals surface area contributed by atoms with Crippen molar-refractivity contribution in [1.29, 1.82) is 0 Å². The van der Waals surface area contributed by atoms with E-state index in [1.54, 1.807) is 11.3 Å². The van der Waals surface area contributed by atoms with Crippen LogP contribution in [0.1, 0.15) is 28.5 Å². The summed E-state index contributed by atoms with van der Waals surface area (Å²) in [6.45, 7) is 11.4. The fraction of sp³-hybridized carbons (Fsp3) is 0.320. The van der Waals surface area contributed by atoms with Gasteiger partial charge in [0.15, 0.2) is 0 Å². The van der Waals surface area contributed by atoms with Crippen LogP contribution in [0, 0.1) is 13.8 Å². The van der Waals surface area contributed by atoms with Crippen molar-refractivity contribution in [1.82, 2.24) is 15.0 Å². The Morgan fingerprint density at radius 3 is 2.67 bits per heavy atom. The molecule has 0 saturated carbocycles. The number of anilines is 2. The summed E-state index contributed by atoms with van der Waals surface area (Å²) in [6, 6.07) is 12.0. The van der Waals surface area contributed by atoms with Gasteiger partial charge in [-0.1, -0.05) is 18.1 Å². The van der Waals surface area contributed by atoms with Crippen molar-refractivity contribution in [2.24, 2.45) is 0 Å².